The van der Waals surface area contributed by atoms with Gasteiger partial charge in [-0.05, 0) is 26.3 Å². The molecule has 0 aromatic carbocycles. The van der Waals surface area contributed by atoms with Gasteiger partial charge < -0.3 is 0 Å². The zero-order valence-corrected chi connectivity index (χ0v) is 11.6. The molecule has 102 valence electrons. The fraction of sp³-hybridized carbons (Fsp3) is 0.333. The molecule has 0 radical (unpaired) electrons. The number of ketones is 3. The van der Waals surface area contributed by atoms with E-state index in [0.29, 0.717) is 6.42 Å². The van der Waals surface area contributed by atoms with Crippen molar-refractivity contribution in [2.24, 2.45) is 4.99 Å². The second kappa shape index (κ2) is 8.91. The van der Waals surface area contributed by atoms with Gasteiger partial charge >= 0.3 is 0 Å². The topological polar surface area (TPSA) is 63.6 Å². The molecular weight excluding hydrogens is 242 g/mol. The normalized spacial score (nSPS) is 12.1. The molecule has 0 N–H and O–H groups in total. The van der Waals surface area contributed by atoms with E-state index < -0.39 is 11.6 Å². The molecule has 0 aromatic heterocycles. The summed E-state index contributed by atoms with van der Waals surface area (Å²) in [6.45, 7) is 8.28. The Morgan fingerprint density at radius 2 is 1.68 bits per heavy atom. The van der Waals surface area contributed by atoms with Crippen LogP contribution < -0.4 is 0 Å². The average molecular weight is 261 g/mol. The van der Waals surface area contributed by atoms with Crippen LogP contribution in [0, 0.1) is 0 Å². The third-order valence-electron chi connectivity index (χ3n) is 2.02. The molecular formula is C15H19NO3. The van der Waals surface area contributed by atoms with Gasteiger partial charge in [0.25, 0.3) is 0 Å². The van der Waals surface area contributed by atoms with Crippen LogP contribution in [0.4, 0.5) is 0 Å². The van der Waals surface area contributed by atoms with Crippen LogP contribution in [0.15, 0.2) is 41.6 Å². The molecule has 0 saturated carbocycles. The van der Waals surface area contributed by atoms with Crippen LogP contribution in [-0.2, 0) is 14.4 Å². The second-order valence-corrected chi connectivity index (χ2v) is 4.25. The second-order valence-electron chi connectivity index (χ2n) is 4.25. The van der Waals surface area contributed by atoms with Crippen LogP contribution in [0.2, 0.25) is 0 Å². The molecule has 4 heteroatoms. The molecule has 4 nitrogen and oxygen atoms in total. The van der Waals surface area contributed by atoms with Gasteiger partial charge in [0, 0.05) is 19.5 Å². The summed E-state index contributed by atoms with van der Waals surface area (Å²) in [6.07, 6.45) is 6.58. The van der Waals surface area contributed by atoms with Gasteiger partial charge in [-0.3, -0.25) is 14.4 Å². The number of hydrogen-bond acceptors (Lipinski definition) is 4. The molecule has 0 aliphatic rings. The highest BCUT2D eigenvalue weighted by Crippen LogP contribution is 1.98. The highest BCUT2D eigenvalue weighted by atomic mass is 16.1. The van der Waals surface area contributed by atoms with Gasteiger partial charge in [-0.15, -0.1) is 0 Å². The summed E-state index contributed by atoms with van der Waals surface area (Å²) in [7, 11) is 0. The maximum atomic E-state index is 11.7. The lowest BCUT2D eigenvalue weighted by Crippen LogP contribution is -2.19. The van der Waals surface area contributed by atoms with Crippen molar-refractivity contribution in [2.75, 3.05) is 0 Å². The zero-order valence-electron chi connectivity index (χ0n) is 11.6. The summed E-state index contributed by atoms with van der Waals surface area (Å²) in [6, 6.07) is 0. The number of rotatable bonds is 8. The highest BCUT2D eigenvalue weighted by molar-refractivity contribution is 6.67. The summed E-state index contributed by atoms with van der Waals surface area (Å²) in [5, 5.41) is 0. The Morgan fingerprint density at radius 3 is 2.16 bits per heavy atom. The summed E-state index contributed by atoms with van der Waals surface area (Å²) in [5.41, 5.74) is 0.782. The van der Waals surface area contributed by atoms with Crippen LogP contribution >= 0.6 is 0 Å². The lowest BCUT2D eigenvalue weighted by atomic mass is 10.1. The van der Waals surface area contributed by atoms with E-state index in [9.17, 15) is 14.4 Å². The van der Waals surface area contributed by atoms with Gasteiger partial charge in [0.1, 0.15) is 5.78 Å². The standard InChI is InChI=1S/C15H19NO3/c1-11(2)7-5-9-14(19)15(13(4)18)16-10-6-8-12(3)17/h5-6,9-10H,1,7-8H2,2-4H3/b9-5+,10-6+,16-15?. The molecule has 0 aliphatic heterocycles. The van der Waals surface area contributed by atoms with Crippen molar-refractivity contribution in [1.82, 2.24) is 0 Å². The van der Waals surface area contributed by atoms with Crippen LogP contribution in [-0.4, -0.2) is 23.1 Å². The molecule has 0 amide bonds. The molecule has 0 unspecified atom stereocenters. The van der Waals surface area contributed by atoms with Gasteiger partial charge in [0.2, 0.25) is 5.78 Å². The predicted molar refractivity (Wildman–Crippen MR) is 76.1 cm³/mol. The van der Waals surface area contributed by atoms with E-state index in [4.69, 9.17) is 0 Å². The Balaban J connectivity index is 4.77. The first-order valence-corrected chi connectivity index (χ1v) is 5.93. The molecule has 0 saturated heterocycles. The van der Waals surface area contributed by atoms with Crippen LogP contribution in [0.3, 0.4) is 0 Å². The number of hydrogen-bond donors (Lipinski definition) is 0. The minimum atomic E-state index is -0.443. The van der Waals surface area contributed by atoms with Crippen molar-refractivity contribution in [3.8, 4) is 0 Å². The van der Waals surface area contributed by atoms with Crippen molar-refractivity contribution in [2.45, 2.75) is 33.6 Å². The number of nitrogens with zero attached hydrogens (tertiary/aromatic N) is 1. The van der Waals surface area contributed by atoms with E-state index >= 15 is 0 Å². The largest absolute Gasteiger partial charge is 0.300 e. The number of Topliss-reactive ketones (excluding diaryl/α,β-unsaturated/α-hetero) is 2. The maximum Gasteiger partial charge on any atom is 0.207 e. The molecule has 0 rings (SSSR count). The lowest BCUT2D eigenvalue weighted by molar-refractivity contribution is -0.116. The third-order valence-corrected chi connectivity index (χ3v) is 2.02. The van der Waals surface area contributed by atoms with E-state index in [1.165, 1.54) is 32.2 Å². The smallest absolute Gasteiger partial charge is 0.207 e. The minimum Gasteiger partial charge on any atom is -0.300 e. The van der Waals surface area contributed by atoms with Gasteiger partial charge in [-0.1, -0.05) is 24.3 Å². The molecule has 0 fully saturated rings. The SMILES string of the molecule is C=C(C)C/C=C/C(=O)C(=N/C=C/CC(C)=O)C(C)=O. The first-order chi connectivity index (χ1) is 8.84. The first kappa shape index (κ1) is 16.9. The van der Waals surface area contributed by atoms with E-state index in [-0.39, 0.29) is 17.9 Å². The Labute approximate surface area is 113 Å². The van der Waals surface area contributed by atoms with Gasteiger partial charge in [0.15, 0.2) is 11.5 Å². The number of carbonyl (C=O) groups excluding carboxylic acids is 3. The molecule has 0 heterocycles. The first-order valence-electron chi connectivity index (χ1n) is 5.93. The molecule has 0 bridgehead atoms. The van der Waals surface area contributed by atoms with Crippen molar-refractivity contribution in [1.29, 1.82) is 0 Å². The number of allylic oxidation sites excluding steroid dienone is 4. The van der Waals surface area contributed by atoms with Crippen LogP contribution in [0.5, 0.6) is 0 Å². The summed E-state index contributed by atoms with van der Waals surface area (Å²) in [4.78, 5) is 37.5. The average Bonchev–Trinajstić information content (AvgIpc) is 2.27. The van der Waals surface area contributed by atoms with E-state index in [0.717, 1.165) is 5.57 Å². The Kier molecular flexibility index (Phi) is 7.93. The molecule has 19 heavy (non-hydrogen) atoms. The summed E-state index contributed by atoms with van der Waals surface area (Å²) < 4.78 is 0. The Morgan fingerprint density at radius 1 is 1.05 bits per heavy atom. The summed E-state index contributed by atoms with van der Waals surface area (Å²) >= 11 is 0. The fourth-order valence-electron chi connectivity index (χ4n) is 1.12. The van der Waals surface area contributed by atoms with Gasteiger partial charge in [-0.2, -0.15) is 0 Å². The monoisotopic (exact) mass is 261 g/mol. The Bertz CT molecular complexity index is 468. The maximum absolute atomic E-state index is 11.7. The third kappa shape index (κ3) is 8.60. The molecule has 0 aromatic rings. The Hall–Kier alpha value is -2.10. The van der Waals surface area contributed by atoms with Crippen molar-refractivity contribution < 1.29 is 14.4 Å². The number of aliphatic imine (C=N–C) groups is 1. The number of carbonyl (C=O) groups is 3. The van der Waals surface area contributed by atoms with E-state index in [1.54, 1.807) is 6.08 Å². The fourth-order valence-corrected chi connectivity index (χ4v) is 1.12. The quantitative estimate of drug-likeness (QED) is 0.292. The predicted octanol–water partition coefficient (Wildman–Crippen LogP) is 2.60. The van der Waals surface area contributed by atoms with Gasteiger partial charge in [-0.25, -0.2) is 4.99 Å². The van der Waals surface area contributed by atoms with E-state index in [1.807, 2.05) is 6.92 Å². The summed E-state index contributed by atoms with van der Waals surface area (Å²) in [5.74, 6) is -0.859. The van der Waals surface area contributed by atoms with Gasteiger partial charge in [0.05, 0.1) is 0 Å². The van der Waals surface area contributed by atoms with Crippen molar-refractivity contribution in [3.05, 3.63) is 36.6 Å². The zero-order chi connectivity index (χ0) is 14.8. The molecule has 0 aliphatic carbocycles. The van der Waals surface area contributed by atoms with Crippen molar-refractivity contribution in [3.63, 3.8) is 0 Å². The molecule has 0 atom stereocenters. The molecule has 0 spiro atoms. The lowest BCUT2D eigenvalue weighted by Gasteiger charge is -1.95. The van der Waals surface area contributed by atoms with E-state index in [2.05, 4.69) is 11.6 Å². The minimum absolute atomic E-state index is 0.0106. The van der Waals surface area contributed by atoms with Crippen LogP contribution in [0.1, 0.15) is 33.6 Å². The van der Waals surface area contributed by atoms with Crippen molar-refractivity contribution >= 4 is 23.1 Å². The highest BCUT2D eigenvalue weighted by Gasteiger charge is 2.12. The van der Waals surface area contributed by atoms with Crippen LogP contribution in [0.25, 0.3) is 0 Å².